The van der Waals surface area contributed by atoms with Gasteiger partial charge in [0.25, 0.3) is 6.47 Å². The normalized spacial score (nSPS) is 14.3. The molecule has 1 fully saturated rings. The van der Waals surface area contributed by atoms with E-state index in [0.29, 0.717) is 17.3 Å². The molecular weight excluding hydrogens is 544 g/mol. The summed E-state index contributed by atoms with van der Waals surface area (Å²) in [6.07, 6.45) is 0.748. The maximum Gasteiger partial charge on any atom is 0.412 e. The molecular formula is C32H25ClN2O4S. The van der Waals surface area contributed by atoms with Gasteiger partial charge in [-0.2, -0.15) is 0 Å². The van der Waals surface area contributed by atoms with Gasteiger partial charge in [0.05, 0.1) is 10.6 Å². The Morgan fingerprint density at radius 2 is 1.60 bits per heavy atom. The van der Waals surface area contributed by atoms with Crippen LogP contribution in [0.2, 0.25) is 5.15 Å². The lowest BCUT2D eigenvalue weighted by atomic mass is 9.99. The van der Waals surface area contributed by atoms with E-state index in [2.05, 4.69) is 10.3 Å². The number of hydrogen-bond donors (Lipinski definition) is 1. The van der Waals surface area contributed by atoms with Crippen LogP contribution in [0.3, 0.4) is 0 Å². The number of thiophene rings is 1. The van der Waals surface area contributed by atoms with Gasteiger partial charge >= 0.3 is 6.09 Å². The molecule has 3 aromatic carbocycles. The Morgan fingerprint density at radius 1 is 0.950 bits per heavy atom. The molecule has 0 spiro atoms. The molecule has 5 aromatic rings. The fourth-order valence-electron chi connectivity index (χ4n) is 4.83. The van der Waals surface area contributed by atoms with Crippen molar-refractivity contribution in [3.8, 4) is 21.6 Å². The van der Waals surface area contributed by atoms with Gasteiger partial charge in [-0.3, -0.25) is 10.1 Å². The van der Waals surface area contributed by atoms with Crippen LogP contribution in [0.4, 0.5) is 10.5 Å². The minimum Gasteiger partial charge on any atom is -0.456 e. The number of hydrogen-bond acceptors (Lipinski definition) is 6. The van der Waals surface area contributed by atoms with E-state index in [1.807, 2.05) is 91.9 Å². The molecule has 40 heavy (non-hydrogen) atoms. The van der Waals surface area contributed by atoms with Crippen molar-refractivity contribution in [1.82, 2.24) is 4.98 Å². The molecule has 1 aliphatic carbocycles. The summed E-state index contributed by atoms with van der Waals surface area (Å²) in [7, 11) is 0. The van der Waals surface area contributed by atoms with Crippen molar-refractivity contribution in [2.75, 3.05) is 5.32 Å². The molecule has 0 aliphatic heterocycles. The van der Waals surface area contributed by atoms with Crippen LogP contribution >= 0.6 is 22.9 Å². The van der Waals surface area contributed by atoms with Crippen molar-refractivity contribution in [2.24, 2.45) is 0 Å². The number of benzene rings is 3. The van der Waals surface area contributed by atoms with E-state index in [9.17, 15) is 9.59 Å². The standard InChI is InChI=1S/C32H25ClN2O4S/c1-20(21-5-3-2-4-6-21)39-31(37)35-28-26-15-16-27(33)34-30(26)40-29(28)24-9-7-22(8-10-24)23-11-13-25(14-12-23)32(17-18-32)38-19-36/h2-16,19-20H,17-18H2,1H3,(H,35,37)/t20-/m1/s1. The number of ether oxygens (including phenoxy) is 2. The van der Waals surface area contributed by atoms with Crippen molar-refractivity contribution >= 4 is 51.4 Å². The highest BCUT2D eigenvalue weighted by Crippen LogP contribution is 2.49. The number of carbonyl (C=O) groups is 2. The van der Waals surface area contributed by atoms with Crippen LogP contribution in [0, 0.1) is 0 Å². The number of anilines is 1. The van der Waals surface area contributed by atoms with Crippen molar-refractivity contribution in [1.29, 1.82) is 0 Å². The van der Waals surface area contributed by atoms with Crippen molar-refractivity contribution in [3.05, 3.63) is 107 Å². The Bertz CT molecular complexity index is 1680. The summed E-state index contributed by atoms with van der Waals surface area (Å²) in [6.45, 7) is 2.37. The maximum absolute atomic E-state index is 13.0. The van der Waals surface area contributed by atoms with Crippen LogP contribution in [0.5, 0.6) is 0 Å². The highest BCUT2D eigenvalue weighted by Gasteiger charge is 2.46. The average molecular weight is 569 g/mol. The number of nitrogens with one attached hydrogen (secondary N) is 1. The Labute approximate surface area is 240 Å². The highest BCUT2D eigenvalue weighted by molar-refractivity contribution is 7.22. The molecule has 6 rings (SSSR count). The predicted molar refractivity (Wildman–Crippen MR) is 159 cm³/mol. The molecule has 0 unspecified atom stereocenters. The van der Waals surface area contributed by atoms with Crippen LogP contribution in [0.15, 0.2) is 91.0 Å². The molecule has 0 saturated heterocycles. The molecule has 200 valence electrons. The first kappa shape index (κ1) is 26.0. The molecule has 0 radical (unpaired) electrons. The Morgan fingerprint density at radius 3 is 2.25 bits per heavy atom. The zero-order valence-electron chi connectivity index (χ0n) is 21.6. The Kier molecular flexibility index (Phi) is 7.00. The lowest BCUT2D eigenvalue weighted by Gasteiger charge is -2.15. The number of aromatic nitrogens is 1. The van der Waals surface area contributed by atoms with Gasteiger partial charge in [-0.15, -0.1) is 11.3 Å². The zero-order chi connectivity index (χ0) is 27.7. The molecule has 1 atom stereocenters. The summed E-state index contributed by atoms with van der Waals surface area (Å²) in [5.41, 5.74) is 5.14. The summed E-state index contributed by atoms with van der Waals surface area (Å²) < 4.78 is 11.0. The van der Waals surface area contributed by atoms with E-state index in [4.69, 9.17) is 21.1 Å². The fourth-order valence-corrected chi connectivity index (χ4v) is 6.16. The summed E-state index contributed by atoms with van der Waals surface area (Å²) in [4.78, 5) is 29.9. The van der Waals surface area contributed by atoms with Crippen LogP contribution in [0.1, 0.15) is 37.0 Å². The molecule has 1 saturated carbocycles. The number of amides is 1. The van der Waals surface area contributed by atoms with Gasteiger partial charge in [0.15, 0.2) is 0 Å². The van der Waals surface area contributed by atoms with Gasteiger partial charge in [-0.25, -0.2) is 9.78 Å². The first-order valence-electron chi connectivity index (χ1n) is 12.9. The second-order valence-corrected chi connectivity index (χ2v) is 11.1. The van der Waals surface area contributed by atoms with E-state index in [1.54, 1.807) is 6.07 Å². The molecule has 1 amide bonds. The Balaban J connectivity index is 1.27. The molecule has 6 nitrogen and oxygen atoms in total. The van der Waals surface area contributed by atoms with E-state index < -0.39 is 17.8 Å². The third-order valence-electron chi connectivity index (χ3n) is 7.17. The average Bonchev–Trinajstić information content (AvgIpc) is 3.68. The number of nitrogens with zero attached hydrogens (tertiary/aromatic N) is 1. The van der Waals surface area contributed by atoms with Gasteiger partial charge in [0, 0.05) is 5.39 Å². The van der Waals surface area contributed by atoms with Crippen molar-refractivity contribution in [3.63, 3.8) is 0 Å². The SMILES string of the molecule is C[C@@H](OC(=O)Nc1c(-c2ccc(-c3ccc(C4(OC=O)CC4)cc3)cc2)sc2nc(Cl)ccc12)c1ccccc1. The number of rotatable bonds is 8. The van der Waals surface area contributed by atoms with Crippen LogP contribution in [-0.2, 0) is 19.9 Å². The van der Waals surface area contributed by atoms with E-state index in [-0.39, 0.29) is 0 Å². The minimum absolute atomic E-state index is 0.387. The van der Waals surface area contributed by atoms with Gasteiger partial charge < -0.3 is 9.47 Å². The van der Waals surface area contributed by atoms with Gasteiger partial charge in [0.1, 0.15) is 21.7 Å². The minimum atomic E-state index is -0.545. The first-order chi connectivity index (χ1) is 19.5. The lowest BCUT2D eigenvalue weighted by molar-refractivity contribution is -0.136. The molecule has 2 heterocycles. The second-order valence-electron chi connectivity index (χ2n) is 9.74. The second kappa shape index (κ2) is 10.8. The van der Waals surface area contributed by atoms with Crippen LogP contribution < -0.4 is 5.32 Å². The third kappa shape index (κ3) is 5.18. The van der Waals surface area contributed by atoms with Crippen molar-refractivity contribution < 1.29 is 19.1 Å². The summed E-state index contributed by atoms with van der Waals surface area (Å²) in [5.74, 6) is 0. The topological polar surface area (TPSA) is 77.5 Å². The zero-order valence-corrected chi connectivity index (χ0v) is 23.2. The predicted octanol–water partition coefficient (Wildman–Crippen LogP) is 8.76. The lowest BCUT2D eigenvalue weighted by Crippen LogP contribution is -2.16. The molecule has 0 bridgehead atoms. The number of pyridine rings is 1. The van der Waals surface area contributed by atoms with Crippen LogP contribution in [-0.4, -0.2) is 17.5 Å². The molecule has 1 aliphatic rings. The van der Waals surface area contributed by atoms with Crippen molar-refractivity contribution in [2.45, 2.75) is 31.5 Å². The van der Waals surface area contributed by atoms with Gasteiger partial charge in [0.2, 0.25) is 0 Å². The fraction of sp³-hybridized carbons (Fsp3) is 0.156. The van der Waals surface area contributed by atoms with Gasteiger partial charge in [-0.1, -0.05) is 90.5 Å². The largest absolute Gasteiger partial charge is 0.456 e. The van der Waals surface area contributed by atoms with E-state index >= 15 is 0 Å². The first-order valence-corrected chi connectivity index (χ1v) is 14.1. The molecule has 8 heteroatoms. The number of halogens is 1. The Hall–Kier alpha value is -4.20. The quantitative estimate of drug-likeness (QED) is 0.149. The maximum atomic E-state index is 13.0. The molecule has 2 aromatic heterocycles. The highest BCUT2D eigenvalue weighted by atomic mass is 35.5. The number of fused-ring (bicyclic) bond motifs is 1. The molecule has 1 N–H and O–H groups in total. The number of carbonyl (C=O) groups excluding carboxylic acids is 2. The summed E-state index contributed by atoms with van der Waals surface area (Å²) >= 11 is 7.63. The smallest absolute Gasteiger partial charge is 0.412 e. The van der Waals surface area contributed by atoms with E-state index in [0.717, 1.165) is 55.8 Å². The van der Waals surface area contributed by atoms with Gasteiger partial charge in [-0.05, 0) is 59.7 Å². The van der Waals surface area contributed by atoms with E-state index in [1.165, 1.54) is 11.3 Å². The monoisotopic (exact) mass is 568 g/mol. The third-order valence-corrected chi connectivity index (χ3v) is 8.53. The summed E-state index contributed by atoms with van der Waals surface area (Å²) in [5, 5.41) is 4.14. The van der Waals surface area contributed by atoms with Crippen LogP contribution in [0.25, 0.3) is 31.8 Å². The summed E-state index contributed by atoms with van der Waals surface area (Å²) in [6, 6.07) is 29.4.